The Morgan fingerprint density at radius 2 is 1.87 bits per heavy atom. The lowest BCUT2D eigenvalue weighted by atomic mass is 10.1. The maximum atomic E-state index is 12.7. The molecule has 6 atom stereocenters. The lowest BCUT2D eigenvalue weighted by Crippen LogP contribution is -2.34. The molecule has 6 N–H and O–H groups in total. The number of alkyl carbamates (subject to hydrolysis) is 1. The summed E-state index contributed by atoms with van der Waals surface area (Å²) in [6, 6.07) is 0. The number of H-pyrrole nitrogens is 1. The van der Waals surface area contributed by atoms with Crippen molar-refractivity contribution < 1.29 is 70.2 Å². The first-order valence-corrected chi connectivity index (χ1v) is 25.2. The number of nitrogens with one attached hydrogen (secondary N) is 2. The Morgan fingerprint density at radius 3 is 2.53 bits per heavy atom. The van der Waals surface area contributed by atoms with Gasteiger partial charge in [0.15, 0.2) is 0 Å². The Hall–Kier alpha value is -0.930. The third kappa shape index (κ3) is 20.2. The molecular weight excluding hydrogens is 847 g/mol. The second-order valence-corrected chi connectivity index (χ2v) is 22.1. The van der Waals surface area contributed by atoms with Crippen molar-refractivity contribution in [3.05, 3.63) is 32.6 Å². The molecule has 0 aromatic carbocycles. The highest BCUT2D eigenvalue weighted by Crippen LogP contribution is 2.66. The quantitative estimate of drug-likeness (QED) is 0.0303. The van der Waals surface area contributed by atoms with Gasteiger partial charge < -0.3 is 43.8 Å². The van der Waals surface area contributed by atoms with E-state index in [2.05, 4.69) is 56.1 Å². The van der Waals surface area contributed by atoms with Crippen LogP contribution >= 0.6 is 45.1 Å². The molecule has 0 bridgehead atoms. The summed E-state index contributed by atoms with van der Waals surface area (Å²) >= 11 is 5.12. The van der Waals surface area contributed by atoms with E-state index < -0.39 is 75.3 Å². The third-order valence-corrected chi connectivity index (χ3v) is 14.0. The molecule has 1 aromatic heterocycles. The van der Waals surface area contributed by atoms with E-state index in [0.29, 0.717) is 25.4 Å². The molecule has 27 heteroatoms. The van der Waals surface area contributed by atoms with Crippen molar-refractivity contribution in [1.29, 1.82) is 0 Å². The van der Waals surface area contributed by atoms with Gasteiger partial charge in [0.05, 0.1) is 31.8 Å². The van der Waals surface area contributed by atoms with Gasteiger partial charge in [-0.3, -0.25) is 18.9 Å². The molecule has 2 rings (SSSR count). The molecule has 0 radical (unpaired) electrons. The molecule has 2 heterocycles. The fourth-order valence-corrected chi connectivity index (χ4v) is 10.3. The average molecular weight is 892 g/mol. The zero-order chi connectivity index (χ0) is 39.9. The van der Waals surface area contributed by atoms with Gasteiger partial charge in [-0.2, -0.15) is 8.62 Å². The summed E-state index contributed by atoms with van der Waals surface area (Å²) in [7, 11) is -14.0. The van der Waals surface area contributed by atoms with Crippen molar-refractivity contribution >= 4 is 71.8 Å². The molecule has 1 amide bonds. The first kappa shape index (κ1) is 48.2. The molecule has 20 nitrogen and oxygen atoms in total. The molecular formula is C26H44N3O17P3S4. The van der Waals surface area contributed by atoms with Crippen molar-refractivity contribution in [3.8, 4) is 11.8 Å². The highest BCUT2D eigenvalue weighted by atomic mass is 33.1. The van der Waals surface area contributed by atoms with Gasteiger partial charge in [0, 0.05) is 24.0 Å². The van der Waals surface area contributed by atoms with E-state index in [9.17, 15) is 37.9 Å². The van der Waals surface area contributed by atoms with E-state index in [1.54, 1.807) is 27.8 Å². The Morgan fingerprint density at radius 1 is 1.17 bits per heavy atom. The number of aromatic amines is 1. The van der Waals surface area contributed by atoms with E-state index in [-0.39, 0.29) is 35.8 Å². The molecule has 1 aliphatic heterocycles. The number of phosphoric ester groups is 1. The van der Waals surface area contributed by atoms with Gasteiger partial charge in [-0.1, -0.05) is 56.2 Å². The van der Waals surface area contributed by atoms with E-state index in [0.717, 1.165) is 23.6 Å². The van der Waals surface area contributed by atoms with Crippen LogP contribution in [0.4, 0.5) is 4.79 Å². The topological polar surface area (TPSA) is 281 Å². The predicted octanol–water partition coefficient (Wildman–Crippen LogP) is 3.01. The monoisotopic (exact) mass is 891 g/mol. The van der Waals surface area contributed by atoms with Crippen molar-refractivity contribution in [2.75, 3.05) is 44.5 Å². The van der Waals surface area contributed by atoms with Crippen LogP contribution < -0.4 is 16.6 Å². The largest absolute Gasteiger partial charge is 0.490 e. The highest BCUT2D eigenvalue weighted by Gasteiger charge is 2.43. The van der Waals surface area contributed by atoms with Crippen LogP contribution in [0.1, 0.15) is 64.7 Å². The number of hydrogen-bond acceptors (Lipinski definition) is 16. The van der Waals surface area contributed by atoms with Crippen molar-refractivity contribution in [2.24, 2.45) is 0 Å². The van der Waals surface area contributed by atoms with Gasteiger partial charge in [0.2, 0.25) is 0 Å². The van der Waals surface area contributed by atoms with Gasteiger partial charge in [0.1, 0.15) is 23.8 Å². The molecule has 3 unspecified atom stereocenters. The third-order valence-electron chi connectivity index (χ3n) is 6.45. The first-order chi connectivity index (χ1) is 24.6. The molecule has 1 aliphatic rings. The molecule has 0 spiro atoms. The average Bonchev–Trinajstić information content (AvgIpc) is 3.42. The number of unbranched alkanes of at least 4 members (excludes halogenated alkanes) is 1. The normalized spacial score (nSPS) is 20.5. The maximum Gasteiger partial charge on any atom is 0.490 e. The van der Waals surface area contributed by atoms with E-state index >= 15 is 0 Å². The number of hydrogen-bond donors (Lipinski definition) is 6. The zero-order valence-electron chi connectivity index (χ0n) is 29.1. The summed E-state index contributed by atoms with van der Waals surface area (Å²) in [5.41, 5.74) is -1.91. The Labute approximate surface area is 320 Å². The number of amides is 1. The number of ether oxygens (including phenoxy) is 4. The highest BCUT2D eigenvalue weighted by molar-refractivity contribution is 8.77. The number of carbonyl (C=O) groups excluding carboxylic acids is 1. The van der Waals surface area contributed by atoms with Crippen LogP contribution in [0.25, 0.3) is 0 Å². The predicted molar refractivity (Wildman–Crippen MR) is 201 cm³/mol. The van der Waals surface area contributed by atoms with Crippen molar-refractivity contribution in [2.45, 2.75) is 76.1 Å². The number of carbonyl (C=O) groups is 1. The number of aromatic nitrogens is 2. The van der Waals surface area contributed by atoms with E-state index in [1.807, 2.05) is 0 Å². The Balaban J connectivity index is 1.92. The number of rotatable bonds is 23. The second-order valence-electron chi connectivity index (χ2n) is 11.6. The fraction of sp³-hybridized carbons (Fsp3) is 0.731. The van der Waals surface area contributed by atoms with Crippen LogP contribution in [0.5, 0.6) is 0 Å². The van der Waals surface area contributed by atoms with Gasteiger partial charge in [-0.25, -0.2) is 23.3 Å². The lowest BCUT2D eigenvalue weighted by Gasteiger charge is -2.22. The van der Waals surface area contributed by atoms with E-state index in [4.69, 9.17) is 39.9 Å². The minimum Gasteiger partial charge on any atom is -0.450 e. The van der Waals surface area contributed by atoms with Crippen LogP contribution in [-0.4, -0.2) is 96.7 Å². The van der Waals surface area contributed by atoms with Gasteiger partial charge >= 0.3 is 35.3 Å². The molecule has 1 aromatic rings. The Bertz CT molecular complexity index is 1710. The molecule has 53 heavy (non-hydrogen) atoms. The SMILES string of the molecule is CCCC(C)(C)SSCOCCCCOC(=O)NCC#Cc1cn([C@H]2C[C@H](OCS(C)=S)[C@@H](COP(=O)(O)OP(=O)(O)OP(=O)(O)O)O2)c(=O)[nH]c1=O. The maximum absolute atomic E-state index is 12.7. The zero-order valence-corrected chi connectivity index (χ0v) is 35.1. The van der Waals surface area contributed by atoms with Crippen LogP contribution in [-0.2, 0) is 66.4 Å². The van der Waals surface area contributed by atoms with Crippen molar-refractivity contribution in [1.82, 2.24) is 14.9 Å². The first-order valence-electron chi connectivity index (χ1n) is 15.6. The fourth-order valence-electron chi connectivity index (χ4n) is 4.34. The van der Waals surface area contributed by atoms with Crippen LogP contribution in [0, 0.1) is 11.8 Å². The standard InChI is InChI=1S/C26H44N3O17P3S4/c1-5-10-26(2,3)52-51-17-40-12-6-7-13-41-25(32)27-11-8-9-19-15-29(24(31)28-23(19)30)22-14-20(42-18-53(4)50)21(44-22)16-43-48(36,37)46-49(38,39)45-47(33,34)35/h15,20-22H,5-7,10-14,16-18H2,1-4H3,(H,27,32)(H,36,37)(H,38,39)(H,28,30,31)(H2,33,34,35)/t20-,21+,22+,53?/m0/s1. The van der Waals surface area contributed by atoms with Gasteiger partial charge in [-0.05, 0) is 50.6 Å². The molecule has 1 fully saturated rings. The molecule has 304 valence electrons. The minimum absolute atomic E-state index is 0.0272. The van der Waals surface area contributed by atoms with Crippen LogP contribution in [0.3, 0.4) is 0 Å². The number of phosphoric acid groups is 3. The van der Waals surface area contributed by atoms with Crippen LogP contribution in [0.15, 0.2) is 15.8 Å². The van der Waals surface area contributed by atoms with Crippen molar-refractivity contribution in [3.63, 3.8) is 0 Å². The minimum atomic E-state index is -5.76. The number of nitrogens with zero attached hydrogens (tertiary/aromatic N) is 1. The smallest absolute Gasteiger partial charge is 0.450 e. The lowest BCUT2D eigenvalue weighted by molar-refractivity contribution is -0.0545. The molecule has 0 aliphatic carbocycles. The summed E-state index contributed by atoms with van der Waals surface area (Å²) in [4.78, 5) is 75.9. The van der Waals surface area contributed by atoms with E-state index in [1.165, 1.54) is 0 Å². The van der Waals surface area contributed by atoms with Crippen LogP contribution in [0.2, 0.25) is 0 Å². The summed E-state index contributed by atoms with van der Waals surface area (Å²) in [6.45, 7) is 6.22. The molecule has 1 saturated heterocycles. The van der Waals surface area contributed by atoms with Gasteiger partial charge in [0.25, 0.3) is 5.56 Å². The molecule has 0 saturated carbocycles. The van der Waals surface area contributed by atoms with Gasteiger partial charge in [-0.15, -0.1) is 0 Å². The summed E-state index contributed by atoms with van der Waals surface area (Å²) < 4.78 is 70.3. The summed E-state index contributed by atoms with van der Waals surface area (Å²) in [5.74, 6) is 5.73. The summed E-state index contributed by atoms with van der Waals surface area (Å²) in [5, 5.41) is 2.43. The second kappa shape index (κ2) is 22.7. The Kier molecular flexibility index (Phi) is 20.7. The summed E-state index contributed by atoms with van der Waals surface area (Å²) in [6.07, 6.45) is 2.20.